The Balaban J connectivity index is 2.62. The monoisotopic (exact) mass is 214 g/mol. The molecule has 0 bridgehead atoms. The third kappa shape index (κ3) is 2.18. The van der Waals surface area contributed by atoms with E-state index in [2.05, 4.69) is 0 Å². The number of hydrogen-bond donors (Lipinski definition) is 1. The van der Waals surface area contributed by atoms with Crippen molar-refractivity contribution in [3.8, 4) is 0 Å². The van der Waals surface area contributed by atoms with Gasteiger partial charge in [-0.1, -0.05) is 37.6 Å². The number of carboxylic acids is 1. The van der Waals surface area contributed by atoms with E-state index in [0.717, 1.165) is 0 Å². The highest BCUT2D eigenvalue weighted by Gasteiger charge is 2.60. The van der Waals surface area contributed by atoms with E-state index in [-0.39, 0.29) is 17.3 Å². The summed E-state index contributed by atoms with van der Waals surface area (Å²) in [5.74, 6) is -0.828. The van der Waals surface area contributed by atoms with Crippen LogP contribution >= 0.6 is 11.6 Å². The van der Waals surface area contributed by atoms with Gasteiger partial charge >= 0.3 is 5.97 Å². The van der Waals surface area contributed by atoms with Crippen LogP contribution in [0.1, 0.15) is 20.8 Å². The van der Waals surface area contributed by atoms with Gasteiger partial charge < -0.3 is 5.11 Å². The van der Waals surface area contributed by atoms with E-state index in [4.69, 9.17) is 16.7 Å². The average Bonchev–Trinajstić information content (AvgIpc) is 2.52. The molecule has 0 aromatic rings. The quantitative estimate of drug-likeness (QED) is 0.734. The van der Waals surface area contributed by atoms with Crippen LogP contribution in [-0.2, 0) is 4.79 Å². The highest BCUT2D eigenvalue weighted by molar-refractivity contribution is 6.29. The molecule has 0 saturated heterocycles. The van der Waals surface area contributed by atoms with Gasteiger partial charge in [-0.2, -0.15) is 0 Å². The van der Waals surface area contributed by atoms with Gasteiger partial charge in [-0.25, -0.2) is 0 Å². The van der Waals surface area contributed by atoms with Gasteiger partial charge in [0.25, 0.3) is 0 Å². The Bertz CT molecular complexity index is 298. The van der Waals surface area contributed by atoms with E-state index in [0.29, 0.717) is 5.03 Å². The number of halogens is 1. The van der Waals surface area contributed by atoms with Gasteiger partial charge in [0.1, 0.15) is 0 Å². The number of carbonyl (C=O) groups is 1. The Morgan fingerprint density at radius 3 is 2.43 bits per heavy atom. The lowest BCUT2D eigenvalue weighted by atomic mass is 10.1. The lowest BCUT2D eigenvalue weighted by Gasteiger charge is -1.95. The fourth-order valence-corrected chi connectivity index (χ4v) is 1.89. The standard InChI is InChI=1S/C11H15ClO2/c1-7(12)5-4-6-8-9(10(13)14)11(8,2)3/h4-6,8-9H,1-3H3,(H,13,14)/b6-4+,7-5?/t8-,9-/m0/s1. The molecule has 2 nitrogen and oxygen atoms in total. The van der Waals surface area contributed by atoms with Gasteiger partial charge in [-0.05, 0) is 24.3 Å². The molecule has 0 aromatic carbocycles. The van der Waals surface area contributed by atoms with E-state index in [1.807, 2.05) is 26.0 Å². The molecule has 0 heterocycles. The molecule has 0 radical (unpaired) electrons. The van der Waals surface area contributed by atoms with Crippen LogP contribution in [0, 0.1) is 17.3 Å². The second kappa shape index (κ2) is 3.77. The van der Waals surface area contributed by atoms with Crippen LogP contribution in [0.4, 0.5) is 0 Å². The number of allylic oxidation sites excluding steroid dienone is 4. The summed E-state index contributed by atoms with van der Waals surface area (Å²) in [6.45, 7) is 5.73. The molecule has 2 atom stereocenters. The van der Waals surface area contributed by atoms with Gasteiger partial charge in [-0.15, -0.1) is 0 Å². The van der Waals surface area contributed by atoms with Crippen LogP contribution in [0.2, 0.25) is 0 Å². The molecule has 1 N–H and O–H groups in total. The lowest BCUT2D eigenvalue weighted by molar-refractivity contribution is -0.139. The largest absolute Gasteiger partial charge is 0.481 e. The first-order chi connectivity index (χ1) is 6.37. The second-order valence-corrected chi connectivity index (χ2v) is 4.90. The minimum Gasteiger partial charge on any atom is -0.481 e. The molecule has 1 fully saturated rings. The van der Waals surface area contributed by atoms with Gasteiger partial charge in [0.05, 0.1) is 5.92 Å². The van der Waals surface area contributed by atoms with Crippen molar-refractivity contribution >= 4 is 17.6 Å². The summed E-state index contributed by atoms with van der Waals surface area (Å²) in [5, 5.41) is 9.59. The number of carboxylic acid groups (broad SMARTS) is 1. The maximum Gasteiger partial charge on any atom is 0.307 e. The van der Waals surface area contributed by atoms with Crippen LogP contribution in [0.25, 0.3) is 0 Å². The summed E-state index contributed by atoms with van der Waals surface area (Å²) in [6, 6.07) is 0. The molecule has 1 saturated carbocycles. The Morgan fingerprint density at radius 1 is 1.50 bits per heavy atom. The predicted molar refractivity (Wildman–Crippen MR) is 57.1 cm³/mol. The summed E-state index contributed by atoms with van der Waals surface area (Å²) in [7, 11) is 0. The van der Waals surface area contributed by atoms with Gasteiger partial charge in [0, 0.05) is 5.03 Å². The molecule has 3 heteroatoms. The molecule has 14 heavy (non-hydrogen) atoms. The summed E-state index contributed by atoms with van der Waals surface area (Å²) < 4.78 is 0. The normalized spacial score (nSPS) is 30.7. The van der Waals surface area contributed by atoms with Gasteiger partial charge in [0.2, 0.25) is 0 Å². The first-order valence-electron chi connectivity index (χ1n) is 4.60. The molecule has 0 unspecified atom stereocenters. The van der Waals surface area contributed by atoms with E-state index >= 15 is 0 Å². The van der Waals surface area contributed by atoms with Crippen LogP contribution < -0.4 is 0 Å². The van der Waals surface area contributed by atoms with Crippen molar-refractivity contribution in [1.29, 1.82) is 0 Å². The third-order valence-electron chi connectivity index (χ3n) is 2.82. The zero-order chi connectivity index (χ0) is 10.9. The first-order valence-corrected chi connectivity index (χ1v) is 4.98. The van der Waals surface area contributed by atoms with Gasteiger partial charge in [0.15, 0.2) is 0 Å². The lowest BCUT2D eigenvalue weighted by Crippen LogP contribution is -2.02. The van der Waals surface area contributed by atoms with Crippen LogP contribution in [0.5, 0.6) is 0 Å². The van der Waals surface area contributed by atoms with Gasteiger partial charge in [-0.3, -0.25) is 4.79 Å². The Morgan fingerprint density at radius 2 is 2.07 bits per heavy atom. The Kier molecular flexibility index (Phi) is 3.05. The molecule has 0 amide bonds. The predicted octanol–water partition coefficient (Wildman–Crippen LogP) is 3.04. The summed E-state index contributed by atoms with van der Waals surface area (Å²) in [5.41, 5.74) is -0.115. The molecule has 0 aliphatic heterocycles. The first kappa shape index (κ1) is 11.3. The van der Waals surface area contributed by atoms with Crippen molar-refractivity contribution in [3.05, 3.63) is 23.3 Å². The maximum atomic E-state index is 10.8. The topological polar surface area (TPSA) is 37.3 Å². The van der Waals surface area contributed by atoms with Crippen molar-refractivity contribution in [2.45, 2.75) is 20.8 Å². The summed E-state index contributed by atoms with van der Waals surface area (Å²) in [6.07, 6.45) is 5.53. The molecular weight excluding hydrogens is 200 g/mol. The average molecular weight is 215 g/mol. The van der Waals surface area contributed by atoms with E-state index in [1.165, 1.54) is 0 Å². The SMILES string of the molecule is CC(Cl)=C/C=C/[C@H]1[C@@H](C(=O)O)C1(C)C. The van der Waals surface area contributed by atoms with E-state index in [9.17, 15) is 4.79 Å². The summed E-state index contributed by atoms with van der Waals surface area (Å²) in [4.78, 5) is 10.8. The fraction of sp³-hybridized carbons (Fsp3) is 0.545. The zero-order valence-electron chi connectivity index (χ0n) is 8.62. The highest BCUT2D eigenvalue weighted by Crippen LogP contribution is 2.59. The minimum atomic E-state index is -0.712. The van der Waals surface area contributed by atoms with Crippen LogP contribution in [0.15, 0.2) is 23.3 Å². The maximum absolute atomic E-state index is 10.8. The van der Waals surface area contributed by atoms with Crippen molar-refractivity contribution in [2.75, 3.05) is 0 Å². The van der Waals surface area contributed by atoms with E-state index in [1.54, 1.807) is 13.0 Å². The molecular formula is C11H15ClO2. The highest BCUT2D eigenvalue weighted by atomic mass is 35.5. The zero-order valence-corrected chi connectivity index (χ0v) is 9.38. The smallest absolute Gasteiger partial charge is 0.307 e. The van der Waals surface area contributed by atoms with Crippen LogP contribution in [0.3, 0.4) is 0 Å². The fourth-order valence-electron chi connectivity index (χ4n) is 1.82. The molecule has 1 rings (SSSR count). The third-order valence-corrected chi connectivity index (χ3v) is 2.95. The molecule has 78 valence electrons. The van der Waals surface area contributed by atoms with Crippen molar-refractivity contribution in [2.24, 2.45) is 17.3 Å². The second-order valence-electron chi connectivity index (χ2n) is 4.30. The number of aliphatic carboxylic acids is 1. The molecule has 1 aliphatic rings. The van der Waals surface area contributed by atoms with Crippen molar-refractivity contribution in [1.82, 2.24) is 0 Å². The Hall–Kier alpha value is -0.760. The number of hydrogen-bond acceptors (Lipinski definition) is 1. The molecule has 0 spiro atoms. The van der Waals surface area contributed by atoms with E-state index < -0.39 is 5.97 Å². The van der Waals surface area contributed by atoms with Crippen LogP contribution in [-0.4, -0.2) is 11.1 Å². The van der Waals surface area contributed by atoms with Crippen molar-refractivity contribution in [3.63, 3.8) is 0 Å². The van der Waals surface area contributed by atoms with Crippen molar-refractivity contribution < 1.29 is 9.90 Å². The molecule has 1 aliphatic carbocycles. The Labute approximate surface area is 89.3 Å². The minimum absolute atomic E-state index is 0.115. The molecule has 0 aromatic heterocycles. The summed E-state index contributed by atoms with van der Waals surface area (Å²) >= 11 is 5.65. The number of rotatable bonds is 3.